The molecule has 4 heteroatoms. The molecular formula is C25H55NO3. The van der Waals surface area contributed by atoms with E-state index < -0.39 is 0 Å². The van der Waals surface area contributed by atoms with E-state index in [1.54, 1.807) is 4.90 Å². The molecule has 1 fully saturated rings. The Kier molecular flexibility index (Phi) is 26.7. The molecule has 178 valence electrons. The molecule has 0 aromatic carbocycles. The fourth-order valence-electron chi connectivity index (χ4n) is 2.35. The van der Waals surface area contributed by atoms with Gasteiger partial charge >= 0.3 is 6.09 Å². The summed E-state index contributed by atoms with van der Waals surface area (Å²) in [5.74, 6) is 0. The van der Waals surface area contributed by atoms with Crippen LogP contribution in [-0.2, 0) is 9.47 Å². The van der Waals surface area contributed by atoms with E-state index >= 15 is 0 Å². The van der Waals surface area contributed by atoms with Crippen molar-refractivity contribution in [2.45, 2.75) is 139 Å². The minimum absolute atomic E-state index is 0.167. The van der Waals surface area contributed by atoms with Crippen molar-refractivity contribution in [1.82, 2.24) is 4.90 Å². The summed E-state index contributed by atoms with van der Waals surface area (Å²) in [5.41, 5.74) is -0.361. The summed E-state index contributed by atoms with van der Waals surface area (Å²) in [6, 6.07) is 0. The summed E-state index contributed by atoms with van der Waals surface area (Å²) in [6.45, 7) is 23.3. The van der Waals surface area contributed by atoms with Crippen molar-refractivity contribution in [3.05, 3.63) is 0 Å². The Morgan fingerprint density at radius 1 is 0.897 bits per heavy atom. The van der Waals surface area contributed by atoms with Crippen LogP contribution in [0.4, 0.5) is 4.79 Å². The van der Waals surface area contributed by atoms with E-state index in [1.165, 1.54) is 38.5 Å². The largest absolute Gasteiger partial charge is 0.444 e. The quantitative estimate of drug-likeness (QED) is 0.399. The van der Waals surface area contributed by atoms with Gasteiger partial charge in [0, 0.05) is 19.7 Å². The van der Waals surface area contributed by atoms with Gasteiger partial charge in [0.25, 0.3) is 0 Å². The number of carbonyl (C=O) groups excluding carboxylic acids is 1. The molecule has 29 heavy (non-hydrogen) atoms. The Hall–Kier alpha value is -0.770. The van der Waals surface area contributed by atoms with Crippen LogP contribution in [-0.4, -0.2) is 42.4 Å². The van der Waals surface area contributed by atoms with E-state index in [9.17, 15) is 4.79 Å². The lowest BCUT2D eigenvalue weighted by atomic mass is 10.1. The monoisotopic (exact) mass is 417 g/mol. The first-order chi connectivity index (χ1) is 13.7. The molecule has 1 saturated heterocycles. The Labute approximate surface area is 184 Å². The number of ether oxygens (including phenoxy) is 2. The average Bonchev–Trinajstić information content (AvgIpc) is 3.24. The molecule has 0 aliphatic carbocycles. The third kappa shape index (κ3) is 25.2. The van der Waals surface area contributed by atoms with Crippen LogP contribution in [0.15, 0.2) is 0 Å². The molecule has 1 amide bonds. The highest BCUT2D eigenvalue weighted by molar-refractivity contribution is 5.68. The Balaban J connectivity index is -0.000000369. The fourth-order valence-corrected chi connectivity index (χ4v) is 2.35. The number of hydrogen-bond acceptors (Lipinski definition) is 3. The van der Waals surface area contributed by atoms with Gasteiger partial charge in [0.1, 0.15) is 5.60 Å². The second-order valence-electron chi connectivity index (χ2n) is 8.22. The van der Waals surface area contributed by atoms with Gasteiger partial charge in [0.15, 0.2) is 0 Å². The van der Waals surface area contributed by atoms with Crippen molar-refractivity contribution in [2.75, 3.05) is 19.7 Å². The standard InChI is InChI=1S/C10H22O.C9H17NO2.C4H10.C2H6/c1-4-7-8-10(6-3)11-9-5-2;1-9(2,3)12-8(11)10-6-4-5-7-10;1-3-4-2;1-2/h10H,4-9H2,1-3H3;4-7H2,1-3H3;3-4H2,1-2H3;1-2H3. The van der Waals surface area contributed by atoms with Gasteiger partial charge < -0.3 is 14.4 Å². The smallest absolute Gasteiger partial charge is 0.410 e. The molecule has 0 bridgehead atoms. The minimum Gasteiger partial charge on any atom is -0.444 e. The zero-order valence-corrected chi connectivity index (χ0v) is 21.7. The molecule has 0 spiro atoms. The van der Waals surface area contributed by atoms with Crippen LogP contribution >= 0.6 is 0 Å². The van der Waals surface area contributed by atoms with Gasteiger partial charge in [-0.3, -0.25) is 0 Å². The fraction of sp³-hybridized carbons (Fsp3) is 0.960. The molecule has 4 nitrogen and oxygen atoms in total. The molecule has 1 aliphatic heterocycles. The van der Waals surface area contributed by atoms with Crippen molar-refractivity contribution in [2.24, 2.45) is 0 Å². The summed E-state index contributed by atoms with van der Waals surface area (Å²) >= 11 is 0. The number of amides is 1. The molecule has 1 unspecified atom stereocenters. The summed E-state index contributed by atoms with van der Waals surface area (Å²) in [6.07, 6.45) is 11.4. The van der Waals surface area contributed by atoms with Crippen LogP contribution in [0, 0.1) is 0 Å². The lowest BCUT2D eigenvalue weighted by molar-refractivity contribution is 0.0295. The van der Waals surface area contributed by atoms with Gasteiger partial charge in [-0.2, -0.15) is 0 Å². The van der Waals surface area contributed by atoms with Gasteiger partial charge in [0.05, 0.1) is 6.10 Å². The molecule has 1 heterocycles. The Bertz CT molecular complexity index is 311. The average molecular weight is 418 g/mol. The van der Waals surface area contributed by atoms with Gasteiger partial charge in [-0.05, 0) is 52.9 Å². The molecule has 0 saturated carbocycles. The topological polar surface area (TPSA) is 38.8 Å². The predicted octanol–water partition coefficient (Wildman–Crippen LogP) is 8.23. The maximum atomic E-state index is 11.4. The highest BCUT2D eigenvalue weighted by Gasteiger charge is 2.23. The molecule has 0 aromatic rings. The summed E-state index contributed by atoms with van der Waals surface area (Å²) in [7, 11) is 0. The SMILES string of the molecule is CC.CC(C)(C)OC(=O)N1CCCC1.CCCC.CCCCC(CC)OCCC. The van der Waals surface area contributed by atoms with Crippen molar-refractivity contribution < 1.29 is 14.3 Å². The summed E-state index contributed by atoms with van der Waals surface area (Å²) in [4.78, 5) is 13.1. The number of likely N-dealkylation sites (tertiary alicyclic amines) is 1. The first-order valence-electron chi connectivity index (χ1n) is 12.3. The Morgan fingerprint density at radius 2 is 1.41 bits per heavy atom. The van der Waals surface area contributed by atoms with Crippen LogP contribution < -0.4 is 0 Å². The van der Waals surface area contributed by atoms with E-state index in [-0.39, 0.29) is 11.7 Å². The number of carbonyl (C=O) groups is 1. The van der Waals surface area contributed by atoms with Crippen molar-refractivity contribution in [3.63, 3.8) is 0 Å². The second-order valence-corrected chi connectivity index (χ2v) is 8.22. The van der Waals surface area contributed by atoms with Crippen LogP contribution in [0.25, 0.3) is 0 Å². The van der Waals surface area contributed by atoms with Crippen LogP contribution in [0.1, 0.15) is 127 Å². The second kappa shape index (κ2) is 23.5. The van der Waals surface area contributed by atoms with E-state index in [0.717, 1.165) is 39.0 Å². The lowest BCUT2D eigenvalue weighted by Crippen LogP contribution is -2.34. The zero-order valence-electron chi connectivity index (χ0n) is 21.7. The van der Waals surface area contributed by atoms with E-state index in [1.807, 2.05) is 34.6 Å². The van der Waals surface area contributed by atoms with Crippen molar-refractivity contribution >= 4 is 6.09 Å². The van der Waals surface area contributed by atoms with Gasteiger partial charge in [-0.1, -0.05) is 74.1 Å². The number of nitrogens with zero attached hydrogens (tertiary/aromatic N) is 1. The number of hydrogen-bond donors (Lipinski definition) is 0. The minimum atomic E-state index is -0.361. The third-order valence-electron chi connectivity index (χ3n) is 4.15. The molecule has 1 rings (SSSR count). The normalized spacial score (nSPS) is 13.8. The molecule has 0 radical (unpaired) electrons. The highest BCUT2D eigenvalue weighted by atomic mass is 16.6. The van der Waals surface area contributed by atoms with Crippen molar-refractivity contribution in [3.8, 4) is 0 Å². The van der Waals surface area contributed by atoms with Crippen LogP contribution in [0.2, 0.25) is 0 Å². The lowest BCUT2D eigenvalue weighted by Gasteiger charge is -2.23. The molecule has 0 aromatic heterocycles. The molecule has 1 atom stereocenters. The summed E-state index contributed by atoms with van der Waals surface area (Å²) in [5, 5.41) is 0. The summed E-state index contributed by atoms with van der Waals surface area (Å²) < 4.78 is 10.9. The Morgan fingerprint density at radius 3 is 1.76 bits per heavy atom. The molecule has 0 N–H and O–H groups in total. The van der Waals surface area contributed by atoms with Crippen LogP contribution in [0.5, 0.6) is 0 Å². The molecular weight excluding hydrogens is 362 g/mol. The van der Waals surface area contributed by atoms with E-state index in [4.69, 9.17) is 9.47 Å². The van der Waals surface area contributed by atoms with Crippen molar-refractivity contribution in [1.29, 1.82) is 0 Å². The molecule has 1 aliphatic rings. The van der Waals surface area contributed by atoms with Gasteiger partial charge in [-0.15, -0.1) is 0 Å². The highest BCUT2D eigenvalue weighted by Crippen LogP contribution is 2.14. The zero-order chi connectivity index (χ0) is 23.1. The predicted molar refractivity (Wildman–Crippen MR) is 129 cm³/mol. The number of rotatable bonds is 8. The maximum Gasteiger partial charge on any atom is 0.410 e. The maximum absolute atomic E-state index is 11.4. The van der Waals surface area contributed by atoms with Crippen LogP contribution in [0.3, 0.4) is 0 Å². The van der Waals surface area contributed by atoms with E-state index in [2.05, 4.69) is 34.6 Å². The van der Waals surface area contributed by atoms with E-state index in [0.29, 0.717) is 6.10 Å². The van der Waals surface area contributed by atoms with Gasteiger partial charge in [-0.25, -0.2) is 4.79 Å². The van der Waals surface area contributed by atoms with Gasteiger partial charge in [0.2, 0.25) is 0 Å². The number of unbranched alkanes of at least 4 members (excludes halogenated alkanes) is 2. The third-order valence-corrected chi connectivity index (χ3v) is 4.15. The first-order valence-corrected chi connectivity index (χ1v) is 12.3. The first kappa shape index (κ1) is 32.9.